The van der Waals surface area contributed by atoms with E-state index < -0.39 is 0 Å². The Labute approximate surface area is 153 Å². The van der Waals surface area contributed by atoms with Gasteiger partial charge in [-0.3, -0.25) is 0 Å². The Morgan fingerprint density at radius 1 is 0.840 bits per heavy atom. The summed E-state index contributed by atoms with van der Waals surface area (Å²) in [4.78, 5) is 0. The minimum atomic E-state index is 0.876. The fraction of sp³-hybridized carbons (Fsp3) is 0.280. The largest absolute Gasteiger partial charge is 0.103 e. The molecular formula is C25H30. The van der Waals surface area contributed by atoms with Crippen LogP contribution in [0.4, 0.5) is 0 Å². The van der Waals surface area contributed by atoms with Gasteiger partial charge in [-0.25, -0.2) is 0 Å². The smallest absolute Gasteiger partial charge is 0.00879 e. The Morgan fingerprint density at radius 3 is 1.96 bits per heavy atom. The van der Waals surface area contributed by atoms with Gasteiger partial charge >= 0.3 is 0 Å². The van der Waals surface area contributed by atoms with E-state index in [9.17, 15) is 0 Å². The zero-order chi connectivity index (χ0) is 17.9. The SMILES string of the molecule is C=CCC(=C(C(=CCCC)CCC)c1ccccc1)c1ccccc1. The molecule has 0 amide bonds. The van der Waals surface area contributed by atoms with Gasteiger partial charge in [0.2, 0.25) is 0 Å². The van der Waals surface area contributed by atoms with Gasteiger partial charge in [0.05, 0.1) is 0 Å². The quantitative estimate of drug-likeness (QED) is 0.251. The van der Waals surface area contributed by atoms with E-state index in [1.165, 1.54) is 34.3 Å². The van der Waals surface area contributed by atoms with Crippen molar-refractivity contribution in [2.45, 2.75) is 46.0 Å². The van der Waals surface area contributed by atoms with Crippen molar-refractivity contribution < 1.29 is 0 Å². The third-order valence-electron chi connectivity index (χ3n) is 4.35. The number of benzene rings is 2. The van der Waals surface area contributed by atoms with Gasteiger partial charge in [0, 0.05) is 0 Å². The zero-order valence-electron chi connectivity index (χ0n) is 15.7. The van der Waals surface area contributed by atoms with Crippen molar-refractivity contribution >= 4 is 11.1 Å². The monoisotopic (exact) mass is 330 g/mol. The molecule has 0 unspecified atom stereocenters. The molecule has 25 heavy (non-hydrogen) atoms. The number of hydrogen-bond donors (Lipinski definition) is 0. The van der Waals surface area contributed by atoms with E-state index in [0.717, 1.165) is 25.7 Å². The molecule has 0 aliphatic rings. The Morgan fingerprint density at radius 2 is 1.44 bits per heavy atom. The van der Waals surface area contributed by atoms with Crippen molar-refractivity contribution in [3.63, 3.8) is 0 Å². The summed E-state index contributed by atoms with van der Waals surface area (Å²) in [5.41, 5.74) is 6.83. The van der Waals surface area contributed by atoms with E-state index in [1.54, 1.807) is 0 Å². The van der Waals surface area contributed by atoms with Gasteiger partial charge in [0.1, 0.15) is 0 Å². The van der Waals surface area contributed by atoms with Crippen LogP contribution in [0.15, 0.2) is 85.0 Å². The Balaban J connectivity index is 2.72. The normalized spacial score (nSPS) is 12.6. The molecule has 2 rings (SSSR count). The van der Waals surface area contributed by atoms with Gasteiger partial charge in [-0.1, -0.05) is 99.5 Å². The maximum Gasteiger partial charge on any atom is -0.00879 e. The molecule has 0 heterocycles. The number of rotatable bonds is 9. The Hall–Kier alpha value is -2.34. The van der Waals surface area contributed by atoms with Crippen molar-refractivity contribution in [2.75, 3.05) is 0 Å². The van der Waals surface area contributed by atoms with E-state index in [-0.39, 0.29) is 0 Å². The summed E-state index contributed by atoms with van der Waals surface area (Å²) in [5.74, 6) is 0. The van der Waals surface area contributed by atoms with Crippen molar-refractivity contribution in [3.8, 4) is 0 Å². The second-order valence-corrected chi connectivity index (χ2v) is 6.35. The highest BCUT2D eigenvalue weighted by Gasteiger charge is 2.14. The molecule has 0 saturated carbocycles. The minimum Gasteiger partial charge on any atom is -0.103 e. The summed E-state index contributed by atoms with van der Waals surface area (Å²) < 4.78 is 0. The van der Waals surface area contributed by atoms with Crippen LogP contribution in [0.1, 0.15) is 57.1 Å². The van der Waals surface area contributed by atoms with Crippen LogP contribution >= 0.6 is 0 Å². The lowest BCUT2D eigenvalue weighted by molar-refractivity contribution is 0.898. The van der Waals surface area contributed by atoms with Crippen molar-refractivity contribution in [1.82, 2.24) is 0 Å². The summed E-state index contributed by atoms with van der Waals surface area (Å²) in [6, 6.07) is 21.6. The molecule has 0 atom stereocenters. The molecule has 0 heteroatoms. The van der Waals surface area contributed by atoms with Gasteiger partial charge in [0.15, 0.2) is 0 Å². The predicted molar refractivity (Wildman–Crippen MR) is 112 cm³/mol. The first-order valence-corrected chi connectivity index (χ1v) is 9.46. The molecule has 0 nitrogen and oxygen atoms in total. The summed E-state index contributed by atoms with van der Waals surface area (Å²) in [5, 5.41) is 0. The van der Waals surface area contributed by atoms with E-state index in [2.05, 4.69) is 87.2 Å². The minimum absolute atomic E-state index is 0.876. The molecule has 0 fully saturated rings. The van der Waals surface area contributed by atoms with Crippen LogP contribution in [0.5, 0.6) is 0 Å². The zero-order valence-corrected chi connectivity index (χ0v) is 15.7. The molecule has 0 spiro atoms. The second kappa shape index (κ2) is 10.5. The maximum atomic E-state index is 4.02. The van der Waals surface area contributed by atoms with Crippen LogP contribution in [0, 0.1) is 0 Å². The molecule has 0 aromatic heterocycles. The topological polar surface area (TPSA) is 0 Å². The lowest BCUT2D eigenvalue weighted by Crippen LogP contribution is -1.97. The molecule has 0 aliphatic carbocycles. The average Bonchev–Trinajstić information content (AvgIpc) is 2.67. The number of hydrogen-bond acceptors (Lipinski definition) is 0. The Bertz CT molecular complexity index is 702. The third kappa shape index (κ3) is 5.32. The van der Waals surface area contributed by atoms with Gasteiger partial charge in [0.25, 0.3) is 0 Å². The summed E-state index contributed by atoms with van der Waals surface area (Å²) in [6.45, 7) is 8.52. The summed E-state index contributed by atoms with van der Waals surface area (Å²) in [6.07, 6.45) is 9.91. The summed E-state index contributed by atoms with van der Waals surface area (Å²) in [7, 11) is 0. The first kappa shape index (κ1) is 19.0. The van der Waals surface area contributed by atoms with Crippen LogP contribution < -0.4 is 0 Å². The van der Waals surface area contributed by atoms with E-state index in [4.69, 9.17) is 0 Å². The van der Waals surface area contributed by atoms with E-state index in [0.29, 0.717) is 0 Å². The highest BCUT2D eigenvalue weighted by atomic mass is 14.2. The standard InChI is InChI=1S/C25H30/c1-4-7-16-22(14-5-2)25(23-19-12-9-13-20-23)24(15-6-3)21-17-10-8-11-18-21/h6,8-13,16-20H,3-5,7,14-15H2,1-2H3. The van der Waals surface area contributed by atoms with Crippen LogP contribution in [0.2, 0.25) is 0 Å². The van der Waals surface area contributed by atoms with Crippen LogP contribution in [0.25, 0.3) is 11.1 Å². The molecular weight excluding hydrogens is 300 g/mol. The number of allylic oxidation sites excluding steroid dienone is 5. The predicted octanol–water partition coefficient (Wildman–Crippen LogP) is 7.70. The van der Waals surface area contributed by atoms with E-state index in [1.807, 2.05) is 6.08 Å². The van der Waals surface area contributed by atoms with Gasteiger partial charge < -0.3 is 0 Å². The lowest BCUT2D eigenvalue weighted by Gasteiger charge is -2.19. The molecule has 0 radical (unpaired) electrons. The molecule has 0 aliphatic heterocycles. The summed E-state index contributed by atoms with van der Waals surface area (Å²) >= 11 is 0. The highest BCUT2D eigenvalue weighted by Crippen LogP contribution is 2.36. The van der Waals surface area contributed by atoms with Gasteiger partial charge in [-0.2, -0.15) is 0 Å². The third-order valence-corrected chi connectivity index (χ3v) is 4.35. The molecule has 130 valence electrons. The Kier molecular flexibility index (Phi) is 7.98. The van der Waals surface area contributed by atoms with Gasteiger partial charge in [-0.05, 0) is 47.1 Å². The van der Waals surface area contributed by atoms with Crippen LogP contribution in [-0.4, -0.2) is 0 Å². The molecule has 0 saturated heterocycles. The second-order valence-electron chi connectivity index (χ2n) is 6.35. The van der Waals surface area contributed by atoms with Crippen molar-refractivity contribution in [1.29, 1.82) is 0 Å². The number of unbranched alkanes of at least 4 members (excludes halogenated alkanes) is 1. The maximum absolute atomic E-state index is 4.02. The lowest BCUT2D eigenvalue weighted by atomic mass is 9.85. The van der Waals surface area contributed by atoms with Crippen LogP contribution in [0.3, 0.4) is 0 Å². The van der Waals surface area contributed by atoms with E-state index >= 15 is 0 Å². The molecule has 0 N–H and O–H groups in total. The molecule has 2 aromatic carbocycles. The fourth-order valence-corrected chi connectivity index (χ4v) is 3.22. The van der Waals surface area contributed by atoms with Crippen molar-refractivity contribution in [2.24, 2.45) is 0 Å². The van der Waals surface area contributed by atoms with Gasteiger partial charge in [-0.15, -0.1) is 6.58 Å². The van der Waals surface area contributed by atoms with Crippen molar-refractivity contribution in [3.05, 3.63) is 96.1 Å². The van der Waals surface area contributed by atoms with Crippen LogP contribution in [-0.2, 0) is 0 Å². The average molecular weight is 331 g/mol. The first-order chi connectivity index (χ1) is 12.3. The first-order valence-electron chi connectivity index (χ1n) is 9.46. The highest BCUT2D eigenvalue weighted by molar-refractivity contribution is 5.98. The fourth-order valence-electron chi connectivity index (χ4n) is 3.22. The molecule has 0 bridgehead atoms. The molecule has 2 aromatic rings.